The van der Waals surface area contributed by atoms with Crippen LogP contribution in [0.5, 0.6) is 0 Å². The number of fused-ring (bicyclic) bond motifs is 3. The van der Waals surface area contributed by atoms with E-state index in [4.69, 9.17) is 5.73 Å². The molecule has 2 aromatic heterocycles. The summed E-state index contributed by atoms with van der Waals surface area (Å²) in [7, 11) is 0. The Hall–Kier alpha value is -3.79. The molecule has 3 N–H and O–H groups in total. The summed E-state index contributed by atoms with van der Waals surface area (Å²) >= 11 is 0. The van der Waals surface area contributed by atoms with Gasteiger partial charge in [0, 0.05) is 22.7 Å². The maximum absolute atomic E-state index is 5.88. The van der Waals surface area contributed by atoms with Gasteiger partial charge in [-0.05, 0) is 60.4 Å². The van der Waals surface area contributed by atoms with Crippen molar-refractivity contribution in [3.63, 3.8) is 0 Å². The van der Waals surface area contributed by atoms with Crippen LogP contribution in [0.15, 0.2) is 85.1 Å². The lowest BCUT2D eigenvalue weighted by Gasteiger charge is -2.19. The number of aryl methyl sites for hydroxylation is 1. The molecule has 0 amide bonds. The van der Waals surface area contributed by atoms with E-state index >= 15 is 0 Å². The number of nitrogens with zero attached hydrogens (tertiary/aromatic N) is 2. The minimum atomic E-state index is 0.371. The van der Waals surface area contributed by atoms with Gasteiger partial charge in [0.2, 0.25) is 0 Å². The second-order valence-corrected chi connectivity index (χ2v) is 7.95. The van der Waals surface area contributed by atoms with Crippen molar-refractivity contribution in [3.05, 3.63) is 96.2 Å². The van der Waals surface area contributed by atoms with Crippen molar-refractivity contribution in [2.75, 3.05) is 11.1 Å². The number of nitrogens with two attached hydrogens (primary N) is 1. The fourth-order valence-corrected chi connectivity index (χ4v) is 4.83. The molecule has 4 heteroatoms. The predicted octanol–water partition coefficient (Wildman–Crippen LogP) is 6.05. The van der Waals surface area contributed by atoms with Crippen LogP contribution in [-0.4, -0.2) is 9.55 Å². The van der Waals surface area contributed by atoms with E-state index in [1.165, 1.54) is 22.0 Å². The second kappa shape index (κ2) is 6.63. The number of hydrogen-bond donors (Lipinski definition) is 2. The van der Waals surface area contributed by atoms with Gasteiger partial charge in [0.1, 0.15) is 5.82 Å². The number of para-hydroxylation sites is 1. The van der Waals surface area contributed by atoms with Gasteiger partial charge in [0.05, 0.1) is 22.8 Å². The van der Waals surface area contributed by atoms with E-state index in [9.17, 15) is 0 Å². The van der Waals surface area contributed by atoms with Crippen molar-refractivity contribution in [1.29, 1.82) is 0 Å². The van der Waals surface area contributed by atoms with Crippen LogP contribution in [0.2, 0.25) is 0 Å². The molecule has 0 fully saturated rings. The Balaban J connectivity index is 1.49. The highest BCUT2D eigenvalue weighted by Gasteiger charge is 2.25. The molecule has 146 valence electrons. The van der Waals surface area contributed by atoms with Gasteiger partial charge in [0.25, 0.3) is 0 Å². The summed E-state index contributed by atoms with van der Waals surface area (Å²) in [4.78, 5) is 4.47. The van der Waals surface area contributed by atoms with E-state index in [2.05, 4.69) is 75.7 Å². The molecule has 3 aromatic carbocycles. The van der Waals surface area contributed by atoms with E-state index in [1.807, 2.05) is 24.3 Å². The Labute approximate surface area is 175 Å². The molecule has 1 aliphatic rings. The molecule has 0 radical (unpaired) electrons. The van der Waals surface area contributed by atoms with Gasteiger partial charge < -0.3 is 15.6 Å². The third kappa shape index (κ3) is 2.65. The average Bonchev–Trinajstić information content (AvgIpc) is 3.38. The Morgan fingerprint density at radius 2 is 1.73 bits per heavy atom. The normalized spacial score (nSPS) is 15.5. The molecule has 30 heavy (non-hydrogen) atoms. The largest absolute Gasteiger partial charge is 0.384 e. The fourth-order valence-electron chi connectivity index (χ4n) is 4.83. The summed E-state index contributed by atoms with van der Waals surface area (Å²) < 4.78 is 2.44. The van der Waals surface area contributed by atoms with Crippen molar-refractivity contribution in [1.82, 2.24) is 9.55 Å². The van der Waals surface area contributed by atoms with Gasteiger partial charge >= 0.3 is 0 Å². The fraction of sp³-hybridized carbons (Fsp3) is 0.115. The van der Waals surface area contributed by atoms with E-state index in [0.29, 0.717) is 11.9 Å². The molecule has 1 atom stereocenters. The highest BCUT2D eigenvalue weighted by atomic mass is 15.0. The highest BCUT2D eigenvalue weighted by molar-refractivity contribution is 5.99. The Bertz CT molecular complexity index is 1400. The minimum Gasteiger partial charge on any atom is -0.384 e. The van der Waals surface area contributed by atoms with Crippen LogP contribution >= 0.6 is 0 Å². The van der Waals surface area contributed by atoms with Gasteiger partial charge in [-0.25, -0.2) is 4.98 Å². The number of rotatable bonds is 3. The van der Waals surface area contributed by atoms with Crippen LogP contribution in [-0.2, 0) is 6.42 Å². The summed E-state index contributed by atoms with van der Waals surface area (Å²) in [5.41, 5.74) is 13.1. The van der Waals surface area contributed by atoms with E-state index in [1.54, 1.807) is 0 Å². The van der Waals surface area contributed by atoms with E-state index < -0.39 is 0 Å². The first kappa shape index (κ1) is 17.1. The quantitative estimate of drug-likeness (QED) is 0.394. The molecular formula is C26H22N4. The lowest BCUT2D eigenvalue weighted by atomic mass is 10.1. The zero-order valence-corrected chi connectivity index (χ0v) is 16.5. The zero-order chi connectivity index (χ0) is 20.1. The van der Waals surface area contributed by atoms with Crippen LogP contribution in [0.4, 0.5) is 17.2 Å². The van der Waals surface area contributed by atoms with Crippen molar-refractivity contribution < 1.29 is 0 Å². The number of hydrogen-bond acceptors (Lipinski definition) is 3. The van der Waals surface area contributed by atoms with Gasteiger partial charge in [-0.15, -0.1) is 0 Å². The molecular weight excluding hydrogens is 368 g/mol. The van der Waals surface area contributed by atoms with Crippen molar-refractivity contribution in [2.45, 2.75) is 18.9 Å². The molecule has 0 aliphatic heterocycles. The molecule has 1 aliphatic carbocycles. The average molecular weight is 390 g/mol. The summed E-state index contributed by atoms with van der Waals surface area (Å²) in [5.74, 6) is 0.538. The first-order valence-corrected chi connectivity index (χ1v) is 10.4. The van der Waals surface area contributed by atoms with Crippen LogP contribution in [0.3, 0.4) is 0 Å². The van der Waals surface area contributed by atoms with Crippen LogP contribution < -0.4 is 11.1 Å². The minimum absolute atomic E-state index is 0.371. The zero-order valence-electron chi connectivity index (χ0n) is 16.5. The monoisotopic (exact) mass is 390 g/mol. The number of aromatic nitrogens is 2. The lowest BCUT2D eigenvalue weighted by Crippen LogP contribution is -2.07. The molecule has 2 heterocycles. The Kier molecular flexibility index (Phi) is 3.78. The number of benzene rings is 3. The van der Waals surface area contributed by atoms with Gasteiger partial charge in [-0.2, -0.15) is 0 Å². The number of pyridine rings is 1. The van der Waals surface area contributed by atoms with Crippen LogP contribution in [0.1, 0.15) is 23.6 Å². The topological polar surface area (TPSA) is 55.9 Å². The summed E-state index contributed by atoms with van der Waals surface area (Å²) in [6.07, 6.45) is 4.50. The molecule has 0 unspecified atom stereocenters. The molecule has 0 bridgehead atoms. The van der Waals surface area contributed by atoms with E-state index in [-0.39, 0.29) is 0 Å². The SMILES string of the molecule is Nc1ccc2c(Nc3cccc4ccn([C@@H]5CCc6ccccc65)c34)cccc2n1. The molecule has 0 spiro atoms. The number of nitrogen functional groups attached to an aromatic ring is 1. The highest BCUT2D eigenvalue weighted by Crippen LogP contribution is 2.39. The maximum Gasteiger partial charge on any atom is 0.124 e. The lowest BCUT2D eigenvalue weighted by molar-refractivity contribution is 0.600. The van der Waals surface area contributed by atoms with Crippen molar-refractivity contribution in [2.24, 2.45) is 0 Å². The van der Waals surface area contributed by atoms with Gasteiger partial charge in [0.15, 0.2) is 0 Å². The maximum atomic E-state index is 5.88. The van der Waals surface area contributed by atoms with Gasteiger partial charge in [-0.3, -0.25) is 0 Å². The standard InChI is InChI=1S/C26H22N4/c27-25-14-12-20-21(8-4-9-22(20)29-25)28-23-10-3-6-18-15-16-30(26(18)23)24-13-11-17-5-1-2-7-19(17)24/h1-10,12,14-16,24,28H,11,13H2,(H2,27,29)/t24-/m1/s1. The number of anilines is 3. The second-order valence-electron chi connectivity index (χ2n) is 7.95. The van der Waals surface area contributed by atoms with E-state index in [0.717, 1.165) is 35.1 Å². The molecule has 4 nitrogen and oxygen atoms in total. The smallest absolute Gasteiger partial charge is 0.124 e. The predicted molar refractivity (Wildman–Crippen MR) is 124 cm³/mol. The summed E-state index contributed by atoms with van der Waals surface area (Å²) in [6, 6.07) is 27.9. The Morgan fingerprint density at radius 3 is 2.70 bits per heavy atom. The first-order chi connectivity index (χ1) is 14.8. The molecule has 0 saturated heterocycles. The van der Waals surface area contributed by atoms with Crippen molar-refractivity contribution >= 4 is 39.0 Å². The first-order valence-electron chi connectivity index (χ1n) is 10.4. The summed E-state index contributed by atoms with van der Waals surface area (Å²) in [5, 5.41) is 5.99. The van der Waals surface area contributed by atoms with Crippen LogP contribution in [0.25, 0.3) is 21.8 Å². The third-order valence-corrected chi connectivity index (χ3v) is 6.20. The molecule has 5 aromatic rings. The van der Waals surface area contributed by atoms with Gasteiger partial charge in [-0.1, -0.05) is 42.5 Å². The third-order valence-electron chi connectivity index (χ3n) is 6.20. The van der Waals surface area contributed by atoms with Crippen molar-refractivity contribution in [3.8, 4) is 0 Å². The number of nitrogens with one attached hydrogen (secondary N) is 1. The summed E-state index contributed by atoms with van der Waals surface area (Å²) in [6.45, 7) is 0. The molecule has 0 saturated carbocycles. The molecule has 6 rings (SSSR count). The Morgan fingerprint density at radius 1 is 0.867 bits per heavy atom. The van der Waals surface area contributed by atoms with Crippen LogP contribution in [0, 0.1) is 0 Å².